The van der Waals surface area contributed by atoms with Crippen LogP contribution < -0.4 is 0 Å². The van der Waals surface area contributed by atoms with Crippen LogP contribution in [0.3, 0.4) is 0 Å². The lowest BCUT2D eigenvalue weighted by molar-refractivity contribution is -0.243. The summed E-state index contributed by atoms with van der Waals surface area (Å²) < 4.78 is 0. The molecule has 0 heterocycles. The van der Waals surface area contributed by atoms with Gasteiger partial charge in [-0.15, -0.1) is 0 Å². The average molecular weight is 413 g/mol. The van der Waals surface area contributed by atoms with Crippen molar-refractivity contribution in [3.8, 4) is 0 Å². The van der Waals surface area contributed by atoms with Crippen molar-refractivity contribution in [2.45, 2.75) is 132 Å². The van der Waals surface area contributed by atoms with Gasteiger partial charge in [-0.1, -0.05) is 61.8 Å². The van der Waals surface area contributed by atoms with Crippen LogP contribution in [0, 0.1) is 56.2 Å². The summed E-state index contributed by atoms with van der Waals surface area (Å²) in [7, 11) is 0. The molecule has 8 atom stereocenters. The van der Waals surface area contributed by atoms with Gasteiger partial charge >= 0.3 is 0 Å². The molecule has 0 unspecified atom stereocenters. The van der Waals surface area contributed by atoms with Crippen LogP contribution in [0.2, 0.25) is 0 Å². The maximum atomic E-state index is 2.81. The van der Waals surface area contributed by atoms with E-state index in [-0.39, 0.29) is 0 Å². The van der Waals surface area contributed by atoms with Gasteiger partial charge < -0.3 is 0 Å². The molecule has 0 radical (unpaired) electrons. The van der Waals surface area contributed by atoms with Crippen LogP contribution in [-0.2, 0) is 0 Å². The Morgan fingerprint density at radius 3 is 1.97 bits per heavy atom. The molecule has 0 aromatic rings. The van der Waals surface area contributed by atoms with Crippen molar-refractivity contribution in [1.29, 1.82) is 0 Å². The predicted octanol–water partition coefficient (Wildman–Crippen LogP) is 9.28. The van der Waals surface area contributed by atoms with Crippen LogP contribution >= 0.6 is 0 Å². The average Bonchev–Trinajstić information content (AvgIpc) is 2.63. The van der Waals surface area contributed by atoms with Crippen molar-refractivity contribution in [3.05, 3.63) is 0 Å². The van der Waals surface area contributed by atoms with Crippen LogP contribution in [0.5, 0.6) is 0 Å². The molecule has 0 aliphatic heterocycles. The molecule has 0 nitrogen and oxygen atoms in total. The Hall–Kier alpha value is 0. The van der Waals surface area contributed by atoms with Crippen LogP contribution in [0.25, 0.3) is 0 Å². The predicted molar refractivity (Wildman–Crippen MR) is 129 cm³/mol. The summed E-state index contributed by atoms with van der Waals surface area (Å²) in [6, 6.07) is 0. The van der Waals surface area contributed by atoms with Crippen LogP contribution in [0.15, 0.2) is 0 Å². The van der Waals surface area contributed by atoms with Crippen LogP contribution in [0.1, 0.15) is 132 Å². The topological polar surface area (TPSA) is 0 Å². The van der Waals surface area contributed by atoms with Crippen molar-refractivity contribution in [2.75, 3.05) is 0 Å². The van der Waals surface area contributed by atoms with Gasteiger partial charge in [-0.25, -0.2) is 0 Å². The van der Waals surface area contributed by atoms with Crippen molar-refractivity contribution >= 4 is 0 Å². The van der Waals surface area contributed by atoms with E-state index in [9.17, 15) is 0 Å². The highest BCUT2D eigenvalue weighted by Crippen LogP contribution is 2.76. The molecule has 0 heteroatoms. The van der Waals surface area contributed by atoms with E-state index in [0.29, 0.717) is 32.5 Å². The Kier molecular flexibility index (Phi) is 4.59. The van der Waals surface area contributed by atoms with Gasteiger partial charge in [0.25, 0.3) is 0 Å². The fourth-order valence-corrected chi connectivity index (χ4v) is 11.4. The quantitative estimate of drug-likeness (QED) is 0.372. The monoisotopic (exact) mass is 412 g/mol. The summed E-state index contributed by atoms with van der Waals surface area (Å²) in [6.45, 7) is 21.4. The number of hydrogen-bond acceptors (Lipinski definition) is 0. The number of hydrogen-bond donors (Lipinski definition) is 0. The van der Waals surface area contributed by atoms with Crippen molar-refractivity contribution in [2.24, 2.45) is 56.2 Å². The molecular weight excluding hydrogens is 360 g/mol. The lowest BCUT2D eigenvalue weighted by atomic mass is 9.31. The molecule has 172 valence electrons. The van der Waals surface area contributed by atoms with E-state index >= 15 is 0 Å². The molecule has 0 aromatic carbocycles. The highest BCUT2D eigenvalue weighted by molar-refractivity contribution is 5.17. The fraction of sp³-hybridized carbons (Fsp3) is 1.00. The Morgan fingerprint density at radius 1 is 0.533 bits per heavy atom. The summed E-state index contributed by atoms with van der Waals surface area (Å²) in [5.41, 5.74) is 3.49. The van der Waals surface area contributed by atoms with Gasteiger partial charge in [0.2, 0.25) is 0 Å². The minimum Gasteiger partial charge on any atom is -0.0599 e. The van der Waals surface area contributed by atoms with E-state index in [2.05, 4.69) is 55.4 Å². The number of rotatable bonds is 0. The number of fused-ring (bicyclic) bond motifs is 7. The van der Waals surface area contributed by atoms with Crippen LogP contribution in [-0.4, -0.2) is 0 Å². The molecule has 0 aromatic heterocycles. The second kappa shape index (κ2) is 6.32. The van der Waals surface area contributed by atoms with Gasteiger partial charge in [-0.2, -0.15) is 0 Å². The molecule has 0 N–H and O–H groups in total. The molecular formula is C30H52. The molecule has 0 spiro atoms. The molecule has 5 saturated carbocycles. The summed E-state index contributed by atoms with van der Waals surface area (Å²) >= 11 is 0. The SMILES string of the molecule is CC1(C)CC[C@@]2(C)CC[C@]3(C)[C@H](CC[C@@H]4[C@@]5(C)CCCC(C)(C)[C@@H]5CC[C@]43C)[C@H]2C1. The van der Waals surface area contributed by atoms with E-state index in [4.69, 9.17) is 0 Å². The third kappa shape index (κ3) is 2.70. The van der Waals surface area contributed by atoms with E-state index < -0.39 is 0 Å². The highest BCUT2D eigenvalue weighted by Gasteiger charge is 2.68. The Morgan fingerprint density at radius 2 is 1.23 bits per heavy atom. The first kappa shape index (κ1) is 21.8. The highest BCUT2D eigenvalue weighted by atomic mass is 14.7. The molecule has 5 fully saturated rings. The van der Waals surface area contributed by atoms with E-state index in [1.807, 2.05) is 0 Å². The van der Waals surface area contributed by atoms with Crippen molar-refractivity contribution < 1.29 is 0 Å². The Balaban J connectivity index is 1.53. The van der Waals surface area contributed by atoms with Crippen molar-refractivity contribution in [1.82, 2.24) is 0 Å². The standard InChI is InChI=1S/C30H52/c1-25(2)16-17-27(5)18-19-29(7)21(22(27)20-25)10-11-24-28(6)14-9-13-26(3,4)23(28)12-15-30(24,29)8/h21-24H,9-20H2,1-8H3/t21-,22-,23+,24-,27+,28+,29-,30-/m1/s1. The largest absolute Gasteiger partial charge is 0.0599 e. The Labute approximate surface area is 188 Å². The second-order valence-electron chi connectivity index (χ2n) is 15.6. The van der Waals surface area contributed by atoms with Crippen molar-refractivity contribution in [3.63, 3.8) is 0 Å². The molecule has 5 aliphatic rings. The van der Waals surface area contributed by atoms with E-state index in [1.165, 1.54) is 77.0 Å². The van der Waals surface area contributed by atoms with Crippen LogP contribution in [0.4, 0.5) is 0 Å². The first-order chi connectivity index (χ1) is 13.8. The van der Waals surface area contributed by atoms with Gasteiger partial charge in [-0.05, 0) is 127 Å². The minimum absolute atomic E-state index is 0.560. The first-order valence-electron chi connectivity index (χ1n) is 13.8. The second-order valence-corrected chi connectivity index (χ2v) is 15.6. The zero-order valence-electron chi connectivity index (χ0n) is 21.8. The van der Waals surface area contributed by atoms with Gasteiger partial charge in [0, 0.05) is 0 Å². The molecule has 0 amide bonds. The van der Waals surface area contributed by atoms with Gasteiger partial charge in [0.05, 0.1) is 0 Å². The molecule has 0 bridgehead atoms. The summed E-state index contributed by atoms with van der Waals surface area (Å²) in [5.74, 6) is 3.88. The summed E-state index contributed by atoms with van der Waals surface area (Å²) in [4.78, 5) is 0. The van der Waals surface area contributed by atoms with Gasteiger partial charge in [0.1, 0.15) is 0 Å². The normalized spacial score (nSPS) is 56.8. The van der Waals surface area contributed by atoms with E-state index in [1.54, 1.807) is 0 Å². The third-order valence-corrected chi connectivity index (χ3v) is 13.4. The minimum atomic E-state index is 0.560. The molecule has 5 rings (SSSR count). The third-order valence-electron chi connectivity index (χ3n) is 13.4. The zero-order chi connectivity index (χ0) is 21.8. The van der Waals surface area contributed by atoms with E-state index in [0.717, 1.165) is 23.7 Å². The fourth-order valence-electron chi connectivity index (χ4n) is 11.4. The molecule has 0 saturated heterocycles. The maximum absolute atomic E-state index is 2.81. The molecule has 5 aliphatic carbocycles. The lowest BCUT2D eigenvalue weighted by Gasteiger charge is -2.73. The van der Waals surface area contributed by atoms with Gasteiger partial charge in [-0.3, -0.25) is 0 Å². The molecule has 30 heavy (non-hydrogen) atoms. The van der Waals surface area contributed by atoms with Gasteiger partial charge in [0.15, 0.2) is 0 Å². The summed E-state index contributed by atoms with van der Waals surface area (Å²) in [5, 5.41) is 0. The summed E-state index contributed by atoms with van der Waals surface area (Å²) in [6.07, 6.45) is 18.0. The smallest absolute Gasteiger partial charge is 0.0235 e. The lowest BCUT2D eigenvalue weighted by Crippen LogP contribution is -2.65. The zero-order valence-corrected chi connectivity index (χ0v) is 21.8. The maximum Gasteiger partial charge on any atom is -0.0235 e. The Bertz CT molecular complexity index is 701. The first-order valence-corrected chi connectivity index (χ1v) is 13.8.